The first-order valence-electron chi connectivity index (χ1n) is 8.50. The lowest BCUT2D eigenvalue weighted by molar-refractivity contribution is -0.384. The lowest BCUT2D eigenvalue weighted by Gasteiger charge is -2.24. The second-order valence-corrected chi connectivity index (χ2v) is 6.71. The molecule has 0 saturated heterocycles. The number of amides is 1. The van der Waals surface area contributed by atoms with Crippen LogP contribution in [0.25, 0.3) is 0 Å². The van der Waals surface area contributed by atoms with Crippen LogP contribution in [0.5, 0.6) is 0 Å². The average molecular weight is 369 g/mol. The molecule has 2 rings (SSSR count). The Bertz CT molecular complexity index is 841. The number of non-ortho nitro benzene ring substituents is 1. The number of nitrogens with one attached hydrogen (secondary N) is 1. The van der Waals surface area contributed by atoms with Gasteiger partial charge in [-0.3, -0.25) is 14.9 Å². The van der Waals surface area contributed by atoms with Crippen molar-refractivity contribution in [3.05, 3.63) is 69.3 Å². The third-order valence-corrected chi connectivity index (χ3v) is 4.39. The van der Waals surface area contributed by atoms with Gasteiger partial charge in [-0.15, -0.1) is 0 Å². The number of nitro groups is 1. The van der Waals surface area contributed by atoms with Crippen LogP contribution in [0.1, 0.15) is 23.6 Å². The topological polar surface area (TPSA) is 112 Å². The van der Waals surface area contributed by atoms with Gasteiger partial charge in [-0.2, -0.15) is 0 Å². The monoisotopic (exact) mass is 369 g/mol. The average Bonchev–Trinajstić information content (AvgIpc) is 2.58. The van der Waals surface area contributed by atoms with Crippen molar-refractivity contribution >= 4 is 23.3 Å². The van der Waals surface area contributed by atoms with E-state index in [-0.39, 0.29) is 12.1 Å². The molecule has 0 fully saturated rings. The normalized spacial score (nSPS) is 12.9. The number of hydrogen-bond acceptors (Lipinski definition) is 5. The van der Waals surface area contributed by atoms with E-state index in [1.165, 1.54) is 31.2 Å². The van der Waals surface area contributed by atoms with Gasteiger partial charge in [0.25, 0.3) is 5.69 Å². The number of carbonyl (C=O) groups is 2. The second-order valence-electron chi connectivity index (χ2n) is 6.71. The molecule has 0 aliphatic heterocycles. The molecule has 0 saturated carbocycles. The van der Waals surface area contributed by atoms with Crippen LogP contribution in [0.2, 0.25) is 0 Å². The zero-order chi connectivity index (χ0) is 20.1. The van der Waals surface area contributed by atoms with Gasteiger partial charge < -0.3 is 15.2 Å². The van der Waals surface area contributed by atoms with Crippen molar-refractivity contribution in [2.75, 3.05) is 5.32 Å². The molecule has 27 heavy (non-hydrogen) atoms. The van der Waals surface area contributed by atoms with E-state index in [0.29, 0.717) is 5.69 Å². The summed E-state index contributed by atoms with van der Waals surface area (Å²) < 4.78 is 0. The summed E-state index contributed by atoms with van der Waals surface area (Å²) in [6.07, 6.45) is 0.247. The molecular weight excluding hydrogens is 348 g/mol. The molecule has 7 heteroatoms. The first kappa shape index (κ1) is 20.1. The van der Waals surface area contributed by atoms with Crippen LogP contribution < -0.4 is 10.4 Å². The predicted octanol–water partition coefficient (Wildman–Crippen LogP) is 2.40. The van der Waals surface area contributed by atoms with Crippen LogP contribution in [0.3, 0.4) is 0 Å². The lowest BCUT2D eigenvalue weighted by atomic mass is 9.86. The molecular formula is C20H21N2O5-. The Labute approximate surface area is 157 Å². The number of carboxylic acids is 1. The molecule has 2 atom stereocenters. The highest BCUT2D eigenvalue weighted by atomic mass is 16.6. The van der Waals surface area contributed by atoms with Crippen LogP contribution in [-0.2, 0) is 16.0 Å². The van der Waals surface area contributed by atoms with Crippen molar-refractivity contribution in [3.8, 4) is 0 Å². The van der Waals surface area contributed by atoms with E-state index < -0.39 is 28.6 Å². The van der Waals surface area contributed by atoms with Gasteiger partial charge in [0.15, 0.2) is 0 Å². The van der Waals surface area contributed by atoms with Crippen LogP contribution in [0.15, 0.2) is 42.5 Å². The van der Waals surface area contributed by atoms with Crippen LogP contribution in [0.4, 0.5) is 11.4 Å². The minimum atomic E-state index is -1.30. The standard InChI is InChI=1S/C20H22N2O5/c1-12-8-13(2)10-15(9-12)11-18(14(3)20(24)25)19(23)21-16-4-6-17(7-5-16)22(26)27/h4-10,14,18H,11H2,1-3H3,(H,21,23)(H,24,25)/p-1/t14-,18-/m0/s1. The molecule has 2 aromatic carbocycles. The molecule has 0 spiro atoms. The number of carbonyl (C=O) groups excluding carboxylic acids is 2. The maximum absolute atomic E-state index is 12.7. The highest BCUT2D eigenvalue weighted by Crippen LogP contribution is 2.23. The Morgan fingerprint density at radius 2 is 1.63 bits per heavy atom. The number of benzene rings is 2. The Hall–Kier alpha value is -3.22. The molecule has 142 valence electrons. The fourth-order valence-corrected chi connectivity index (χ4v) is 3.00. The van der Waals surface area contributed by atoms with Gasteiger partial charge in [-0.1, -0.05) is 36.2 Å². The Morgan fingerprint density at radius 1 is 1.07 bits per heavy atom. The quantitative estimate of drug-likeness (QED) is 0.595. The van der Waals surface area contributed by atoms with E-state index in [9.17, 15) is 24.8 Å². The first-order valence-corrected chi connectivity index (χ1v) is 8.50. The first-order chi connectivity index (χ1) is 12.7. The molecule has 0 heterocycles. The molecule has 0 aromatic heterocycles. The number of anilines is 1. The van der Waals surface area contributed by atoms with E-state index in [1.807, 2.05) is 32.0 Å². The number of hydrogen-bond donors (Lipinski definition) is 1. The maximum Gasteiger partial charge on any atom is 0.269 e. The second kappa shape index (κ2) is 8.44. The number of aryl methyl sites for hydroxylation is 2. The molecule has 0 aliphatic carbocycles. The summed E-state index contributed by atoms with van der Waals surface area (Å²) in [5.41, 5.74) is 3.19. The molecule has 2 aromatic rings. The molecule has 1 amide bonds. The minimum absolute atomic E-state index is 0.0945. The van der Waals surface area contributed by atoms with Gasteiger partial charge in [-0.25, -0.2) is 0 Å². The molecule has 7 nitrogen and oxygen atoms in total. The van der Waals surface area contributed by atoms with Crippen molar-refractivity contribution in [1.82, 2.24) is 0 Å². The molecule has 1 N–H and O–H groups in total. The zero-order valence-corrected chi connectivity index (χ0v) is 15.4. The molecule has 0 aliphatic rings. The van der Waals surface area contributed by atoms with Crippen LogP contribution >= 0.6 is 0 Å². The fourth-order valence-electron chi connectivity index (χ4n) is 3.00. The number of nitro benzene ring substituents is 1. The summed E-state index contributed by atoms with van der Waals surface area (Å²) in [7, 11) is 0. The van der Waals surface area contributed by atoms with Crippen molar-refractivity contribution < 1.29 is 19.6 Å². The number of aliphatic carboxylic acids is 1. The summed E-state index contributed by atoms with van der Waals surface area (Å²) in [4.78, 5) is 34.3. The predicted molar refractivity (Wildman–Crippen MR) is 99.0 cm³/mol. The largest absolute Gasteiger partial charge is 0.550 e. The van der Waals surface area contributed by atoms with Crippen molar-refractivity contribution in [2.24, 2.45) is 11.8 Å². The number of carboxylic acid groups (broad SMARTS) is 1. The highest BCUT2D eigenvalue weighted by Gasteiger charge is 2.27. The van der Waals surface area contributed by atoms with Gasteiger partial charge in [-0.05, 0) is 38.0 Å². The molecule has 0 unspecified atom stereocenters. The van der Waals surface area contributed by atoms with Crippen molar-refractivity contribution in [1.29, 1.82) is 0 Å². The summed E-state index contributed by atoms with van der Waals surface area (Å²) in [6, 6.07) is 11.2. The van der Waals surface area contributed by atoms with Gasteiger partial charge in [0, 0.05) is 29.7 Å². The van der Waals surface area contributed by atoms with Gasteiger partial charge in [0.05, 0.1) is 10.8 Å². The maximum atomic E-state index is 12.7. The number of nitrogens with zero attached hydrogens (tertiary/aromatic N) is 1. The van der Waals surface area contributed by atoms with Crippen LogP contribution in [0, 0.1) is 35.8 Å². The van der Waals surface area contributed by atoms with E-state index in [0.717, 1.165) is 16.7 Å². The smallest absolute Gasteiger partial charge is 0.269 e. The fraction of sp³-hybridized carbons (Fsp3) is 0.300. The van der Waals surface area contributed by atoms with E-state index in [1.54, 1.807) is 0 Å². The van der Waals surface area contributed by atoms with Crippen LogP contribution in [-0.4, -0.2) is 16.8 Å². The SMILES string of the molecule is Cc1cc(C)cc(C[C@H](C(=O)Nc2ccc([N+](=O)[O-])cc2)[C@H](C)C(=O)[O-])c1. The highest BCUT2D eigenvalue weighted by molar-refractivity contribution is 5.95. The lowest BCUT2D eigenvalue weighted by Crippen LogP contribution is -2.40. The van der Waals surface area contributed by atoms with E-state index in [2.05, 4.69) is 5.32 Å². The summed E-state index contributed by atoms with van der Waals surface area (Å²) >= 11 is 0. The summed E-state index contributed by atoms with van der Waals surface area (Å²) in [6.45, 7) is 5.31. The van der Waals surface area contributed by atoms with Crippen molar-refractivity contribution in [3.63, 3.8) is 0 Å². The third kappa shape index (κ3) is 5.37. The van der Waals surface area contributed by atoms with Crippen molar-refractivity contribution in [2.45, 2.75) is 27.2 Å². The van der Waals surface area contributed by atoms with E-state index in [4.69, 9.17) is 0 Å². The Morgan fingerprint density at radius 3 is 2.11 bits per heavy atom. The zero-order valence-electron chi connectivity index (χ0n) is 15.4. The van der Waals surface area contributed by atoms with Gasteiger partial charge in [0.2, 0.25) is 5.91 Å². The molecule has 0 bridgehead atoms. The van der Waals surface area contributed by atoms with Gasteiger partial charge in [0.1, 0.15) is 0 Å². The summed E-state index contributed by atoms with van der Waals surface area (Å²) in [5.74, 6) is -3.61. The Balaban J connectivity index is 2.23. The number of rotatable bonds is 7. The third-order valence-electron chi connectivity index (χ3n) is 4.39. The van der Waals surface area contributed by atoms with Gasteiger partial charge >= 0.3 is 0 Å². The Kier molecular flexibility index (Phi) is 6.28. The molecule has 0 radical (unpaired) electrons. The summed E-state index contributed by atoms with van der Waals surface area (Å²) in [5, 5.41) is 24.7. The van der Waals surface area contributed by atoms with E-state index >= 15 is 0 Å². The minimum Gasteiger partial charge on any atom is -0.550 e.